The molecule has 3 nitrogen and oxygen atoms in total. The van der Waals surface area contributed by atoms with Crippen LogP contribution in [0.4, 0.5) is 34.1 Å². The van der Waals surface area contributed by atoms with E-state index in [0.29, 0.717) is 0 Å². The van der Waals surface area contributed by atoms with Crippen LogP contribution in [-0.2, 0) is 0 Å². The molecule has 0 amide bonds. The lowest BCUT2D eigenvalue weighted by atomic mass is 9.89. The van der Waals surface area contributed by atoms with Gasteiger partial charge in [0.15, 0.2) is 0 Å². The van der Waals surface area contributed by atoms with Crippen molar-refractivity contribution in [3.05, 3.63) is 188 Å². The Morgan fingerprint density at radius 1 is 0.322 bits per heavy atom. The van der Waals surface area contributed by atoms with Crippen LogP contribution in [0.5, 0.6) is 5.75 Å². The van der Waals surface area contributed by atoms with E-state index in [1.165, 1.54) is 21.1 Å². The second-order valence-corrected chi connectivity index (χ2v) is 27.8. The number of fused-ring (bicyclic) bond motifs is 5. The summed E-state index contributed by atoms with van der Waals surface area (Å²) >= 11 is 0. The Morgan fingerprint density at radius 2 is 0.729 bits per heavy atom. The fraction of sp³-hybridized carbons (Fsp3) is 0.111. The summed E-state index contributed by atoms with van der Waals surface area (Å²) in [6.45, 7) is 14.3. The first kappa shape index (κ1) is 38.1. The van der Waals surface area contributed by atoms with E-state index >= 15 is 0 Å². The predicted molar refractivity (Wildman–Crippen MR) is 261 cm³/mol. The lowest BCUT2D eigenvalue weighted by Crippen LogP contribution is -2.37. The van der Waals surface area contributed by atoms with Gasteiger partial charge in [0, 0.05) is 45.5 Å². The van der Waals surface area contributed by atoms with Crippen LogP contribution in [-0.4, -0.2) is 21.3 Å². The zero-order valence-electron chi connectivity index (χ0n) is 34.7. The molecule has 0 atom stereocenters. The molecule has 0 fully saturated rings. The van der Waals surface area contributed by atoms with Gasteiger partial charge in [-0.15, -0.1) is 0 Å². The summed E-state index contributed by atoms with van der Waals surface area (Å²) in [5.41, 5.74) is 8.17. The van der Waals surface area contributed by atoms with Crippen molar-refractivity contribution in [2.24, 2.45) is 0 Å². The van der Waals surface area contributed by atoms with E-state index in [0.717, 1.165) is 66.8 Å². The molecule has 0 aromatic heterocycles. The monoisotopic (exact) mass is 798 g/mol. The van der Waals surface area contributed by atoms with Gasteiger partial charge in [0.2, 0.25) is 0 Å². The van der Waals surface area contributed by atoms with E-state index in [1.807, 2.05) is 12.1 Å². The molecule has 59 heavy (non-hydrogen) atoms. The Morgan fingerprint density at radius 3 is 1.25 bits per heavy atom. The van der Waals surface area contributed by atoms with E-state index in [1.54, 1.807) is 0 Å². The second-order valence-electron chi connectivity index (χ2n) is 17.6. The summed E-state index contributed by atoms with van der Waals surface area (Å²) in [6, 6.07) is 67.5. The molecule has 9 aromatic carbocycles. The number of nitrogens with zero attached hydrogens (tertiary/aromatic N) is 2. The summed E-state index contributed by atoms with van der Waals surface area (Å²) in [6.07, 6.45) is 0. The molecule has 5 heteroatoms. The molecule has 0 aliphatic carbocycles. The van der Waals surface area contributed by atoms with E-state index in [2.05, 4.69) is 225 Å². The van der Waals surface area contributed by atoms with Gasteiger partial charge in [-0.25, -0.2) is 0 Å². The number of phenols is 1. The van der Waals surface area contributed by atoms with Crippen molar-refractivity contribution in [1.29, 1.82) is 0 Å². The van der Waals surface area contributed by atoms with E-state index in [9.17, 15) is 5.11 Å². The van der Waals surface area contributed by atoms with Crippen LogP contribution in [0.15, 0.2) is 188 Å². The summed E-state index contributed by atoms with van der Waals surface area (Å²) in [5, 5.41) is 21.8. The van der Waals surface area contributed by atoms with Gasteiger partial charge in [-0.3, -0.25) is 0 Å². The molecular weight excluding hydrogens is 749 g/mol. The Labute approximate surface area is 350 Å². The van der Waals surface area contributed by atoms with Crippen molar-refractivity contribution in [1.82, 2.24) is 0 Å². The van der Waals surface area contributed by atoms with E-state index in [4.69, 9.17) is 0 Å². The molecule has 0 unspecified atom stereocenters. The van der Waals surface area contributed by atoms with Gasteiger partial charge in [0.05, 0.1) is 21.8 Å². The van der Waals surface area contributed by atoms with Gasteiger partial charge in [0.25, 0.3) is 0 Å². The van der Waals surface area contributed by atoms with Crippen LogP contribution in [0.2, 0.25) is 39.3 Å². The Kier molecular flexibility index (Phi) is 9.74. The van der Waals surface area contributed by atoms with Crippen molar-refractivity contribution in [2.45, 2.75) is 39.3 Å². The largest absolute Gasteiger partial charge is 0.507 e. The van der Waals surface area contributed by atoms with Gasteiger partial charge in [0.1, 0.15) is 5.75 Å². The number of rotatable bonds is 9. The van der Waals surface area contributed by atoms with Crippen molar-refractivity contribution >= 4 is 93.0 Å². The molecule has 0 radical (unpaired) electrons. The number of benzene rings is 9. The predicted octanol–water partition coefficient (Wildman–Crippen LogP) is 14.5. The minimum Gasteiger partial charge on any atom is -0.507 e. The molecule has 290 valence electrons. The van der Waals surface area contributed by atoms with Crippen LogP contribution in [0, 0.1) is 0 Å². The Balaban J connectivity index is 1.22. The minimum atomic E-state index is -1.48. The first-order chi connectivity index (χ1) is 28.5. The molecule has 0 aliphatic rings. The summed E-state index contributed by atoms with van der Waals surface area (Å²) in [5.74, 6) is 0.240. The number of para-hydroxylation sites is 2. The van der Waals surface area contributed by atoms with Crippen molar-refractivity contribution < 1.29 is 5.11 Å². The Bertz CT molecular complexity index is 2950. The van der Waals surface area contributed by atoms with Gasteiger partial charge < -0.3 is 14.9 Å². The molecule has 0 bridgehead atoms. The molecule has 9 rings (SSSR count). The highest BCUT2D eigenvalue weighted by Gasteiger charge is 2.23. The normalized spacial score (nSPS) is 12.0. The minimum absolute atomic E-state index is 0.240. The molecule has 9 aromatic rings. The molecule has 0 saturated carbocycles. The highest BCUT2D eigenvalue weighted by Crippen LogP contribution is 2.47. The van der Waals surface area contributed by atoms with Crippen LogP contribution < -0.4 is 20.2 Å². The maximum Gasteiger partial charge on any atom is 0.125 e. The number of anilines is 6. The average molecular weight is 799 g/mol. The third-order valence-corrected chi connectivity index (χ3v) is 15.8. The van der Waals surface area contributed by atoms with Crippen molar-refractivity contribution in [3.8, 4) is 16.9 Å². The number of aromatic hydroxyl groups is 1. The summed E-state index contributed by atoms with van der Waals surface area (Å²) in [4.78, 5) is 4.63. The Hall–Kier alpha value is -6.41. The quantitative estimate of drug-likeness (QED) is 0.116. The zero-order chi connectivity index (χ0) is 40.9. The lowest BCUT2D eigenvalue weighted by molar-refractivity contribution is 0.477. The topological polar surface area (TPSA) is 26.7 Å². The fourth-order valence-electron chi connectivity index (χ4n) is 8.48. The highest BCUT2D eigenvalue weighted by molar-refractivity contribution is 6.89. The SMILES string of the molecule is C[Si](C)(C)c1ccc(N(c2ccccc2)c2ccc(-c3cc4c5ccccc5c(N(c5ccccc5)c5ccc([Si](C)(C)C)cc5)cc4c4ccccc34)c(O)c2)cc1. The maximum atomic E-state index is 12.1. The molecule has 1 N–H and O–H groups in total. The third-order valence-electron chi connectivity index (χ3n) is 11.6. The third kappa shape index (κ3) is 7.22. The molecule has 0 saturated heterocycles. The van der Waals surface area contributed by atoms with Crippen molar-refractivity contribution in [3.63, 3.8) is 0 Å². The van der Waals surface area contributed by atoms with Gasteiger partial charge in [-0.1, -0.05) is 159 Å². The van der Waals surface area contributed by atoms with Gasteiger partial charge in [-0.2, -0.15) is 0 Å². The van der Waals surface area contributed by atoms with Crippen LogP contribution in [0.3, 0.4) is 0 Å². The fourth-order valence-corrected chi connectivity index (χ4v) is 10.8. The van der Waals surface area contributed by atoms with Gasteiger partial charge in [-0.05, 0) is 105 Å². The molecular formula is C54H50N2OSi2. The van der Waals surface area contributed by atoms with Crippen LogP contribution in [0.25, 0.3) is 43.4 Å². The molecule has 0 spiro atoms. The van der Waals surface area contributed by atoms with E-state index in [-0.39, 0.29) is 5.75 Å². The van der Waals surface area contributed by atoms with Crippen LogP contribution in [0.1, 0.15) is 0 Å². The number of phenolic OH excluding ortho intramolecular Hbond substituents is 1. The zero-order valence-corrected chi connectivity index (χ0v) is 36.7. The highest BCUT2D eigenvalue weighted by atomic mass is 28.3. The molecule has 0 heterocycles. The average Bonchev–Trinajstić information content (AvgIpc) is 3.24. The summed E-state index contributed by atoms with van der Waals surface area (Å²) in [7, 11) is -2.95. The first-order valence-corrected chi connectivity index (χ1v) is 27.6. The first-order valence-electron chi connectivity index (χ1n) is 20.6. The standard InChI is InChI=1S/C54H50N2OSi2/c1-58(2,3)43-30-25-40(26-31-43)55(38-17-9-7-10-18-38)42-29-34-49(54(57)35-42)50-36-51-47-23-15-16-24-48(47)53(37-52(51)46-22-14-13-21-45(46)50)56(39-19-11-8-12-20-39)41-27-32-44(33-28-41)59(4,5)6/h7-37,57H,1-6H3. The second kappa shape index (κ2) is 15.1. The smallest absolute Gasteiger partial charge is 0.125 e. The lowest BCUT2D eigenvalue weighted by Gasteiger charge is -2.29. The van der Waals surface area contributed by atoms with Crippen LogP contribution >= 0.6 is 0 Å². The summed E-state index contributed by atoms with van der Waals surface area (Å²) < 4.78 is 0. The number of hydrogen-bond donors (Lipinski definition) is 1. The van der Waals surface area contributed by atoms with E-state index < -0.39 is 16.1 Å². The molecule has 0 aliphatic heterocycles. The maximum absolute atomic E-state index is 12.1. The van der Waals surface area contributed by atoms with Crippen molar-refractivity contribution in [2.75, 3.05) is 9.80 Å². The number of hydrogen-bond acceptors (Lipinski definition) is 3. The van der Waals surface area contributed by atoms with Gasteiger partial charge >= 0.3 is 0 Å².